The van der Waals surface area contributed by atoms with E-state index >= 15 is 0 Å². The van der Waals surface area contributed by atoms with E-state index < -0.39 is 79.5 Å². The van der Waals surface area contributed by atoms with Crippen molar-refractivity contribution in [3.05, 3.63) is 0 Å². The standard InChI is InChI=1S/C23H48N2O11/c1-13(17(30)11-26)19(32)15(28)9-25(10-16(29)20(33)21(34)18(31)12-27)8-6-5-7-14(24)22(35)36-23(2,3)4/h13-21,26-34H,5-12,24H2,1-4H3/t13-,14+,15+,16+,17-,18-,19+,20-,21-/m1/s1. The third kappa shape index (κ3) is 13.0. The van der Waals surface area contributed by atoms with Crippen LogP contribution in [0.25, 0.3) is 0 Å². The van der Waals surface area contributed by atoms with Gasteiger partial charge in [-0.25, -0.2) is 0 Å². The minimum absolute atomic E-state index is 0.204. The lowest BCUT2D eigenvalue weighted by Crippen LogP contribution is -2.52. The fourth-order valence-corrected chi connectivity index (χ4v) is 3.50. The monoisotopic (exact) mass is 528 g/mol. The van der Waals surface area contributed by atoms with Crippen LogP contribution in [0.2, 0.25) is 0 Å². The summed E-state index contributed by atoms with van der Waals surface area (Å²) < 4.78 is 5.24. The molecular weight excluding hydrogens is 480 g/mol. The summed E-state index contributed by atoms with van der Waals surface area (Å²) in [6.45, 7) is 4.93. The zero-order valence-corrected chi connectivity index (χ0v) is 21.7. The number of hydrogen-bond acceptors (Lipinski definition) is 13. The lowest BCUT2D eigenvalue weighted by molar-refractivity contribution is -0.156. The molecule has 0 aromatic carbocycles. The smallest absolute Gasteiger partial charge is 0.323 e. The first kappa shape index (κ1) is 35.0. The first-order valence-corrected chi connectivity index (χ1v) is 12.2. The van der Waals surface area contributed by atoms with Crippen molar-refractivity contribution in [1.29, 1.82) is 0 Å². The molecule has 0 radical (unpaired) electrons. The van der Waals surface area contributed by atoms with Crippen molar-refractivity contribution in [3.63, 3.8) is 0 Å². The molecule has 0 aromatic heterocycles. The van der Waals surface area contributed by atoms with E-state index in [1.807, 2.05) is 0 Å². The molecule has 0 saturated carbocycles. The lowest BCUT2D eigenvalue weighted by atomic mass is 9.94. The summed E-state index contributed by atoms with van der Waals surface area (Å²) in [6, 6.07) is -0.839. The Bertz CT molecular complexity index is 577. The molecule has 9 atom stereocenters. The summed E-state index contributed by atoms with van der Waals surface area (Å²) in [4.78, 5) is 13.5. The number of hydrogen-bond donors (Lipinski definition) is 10. The van der Waals surface area contributed by atoms with Gasteiger partial charge in [-0.1, -0.05) is 13.3 Å². The van der Waals surface area contributed by atoms with Crippen LogP contribution in [0.4, 0.5) is 0 Å². The Balaban J connectivity index is 5.16. The van der Waals surface area contributed by atoms with Crippen LogP contribution in [0, 0.1) is 5.92 Å². The number of aliphatic hydroxyl groups is 9. The molecule has 0 heterocycles. The van der Waals surface area contributed by atoms with Crippen LogP contribution in [0.3, 0.4) is 0 Å². The number of nitrogens with zero attached hydrogens (tertiary/aromatic N) is 1. The van der Waals surface area contributed by atoms with E-state index in [0.29, 0.717) is 19.3 Å². The van der Waals surface area contributed by atoms with Gasteiger partial charge < -0.3 is 56.4 Å². The number of rotatable bonds is 18. The van der Waals surface area contributed by atoms with Crippen LogP contribution >= 0.6 is 0 Å². The maximum absolute atomic E-state index is 12.0. The van der Waals surface area contributed by atoms with Gasteiger partial charge in [0.1, 0.15) is 30.0 Å². The molecule has 0 fully saturated rings. The van der Waals surface area contributed by atoms with Crippen molar-refractivity contribution in [2.45, 2.75) is 101 Å². The molecule has 0 rings (SSSR count). The predicted octanol–water partition coefficient (Wildman–Crippen LogP) is -3.73. The van der Waals surface area contributed by atoms with Gasteiger partial charge in [0.15, 0.2) is 0 Å². The van der Waals surface area contributed by atoms with E-state index in [2.05, 4.69) is 0 Å². The van der Waals surface area contributed by atoms with Gasteiger partial charge in [-0.2, -0.15) is 0 Å². The Hall–Kier alpha value is -0.970. The zero-order chi connectivity index (χ0) is 28.2. The number of ether oxygens (including phenoxy) is 1. The Labute approximate surface area is 212 Å². The van der Waals surface area contributed by atoms with Crippen LogP contribution in [0.1, 0.15) is 47.0 Å². The fourth-order valence-electron chi connectivity index (χ4n) is 3.50. The lowest BCUT2D eigenvalue weighted by Gasteiger charge is -2.34. The number of carbonyl (C=O) groups excluding carboxylic acids is 1. The van der Waals surface area contributed by atoms with Crippen LogP contribution in [-0.4, -0.2) is 144 Å². The highest BCUT2D eigenvalue weighted by Crippen LogP contribution is 2.16. The average molecular weight is 529 g/mol. The van der Waals surface area contributed by atoms with Crippen molar-refractivity contribution in [3.8, 4) is 0 Å². The van der Waals surface area contributed by atoms with Gasteiger partial charge in [-0.15, -0.1) is 0 Å². The molecule has 36 heavy (non-hydrogen) atoms. The predicted molar refractivity (Wildman–Crippen MR) is 129 cm³/mol. The topological polar surface area (TPSA) is 238 Å². The highest BCUT2D eigenvalue weighted by molar-refractivity contribution is 5.75. The van der Waals surface area contributed by atoms with E-state index in [0.717, 1.165) is 0 Å². The summed E-state index contributed by atoms with van der Waals surface area (Å²) in [6.07, 6.45) is -9.76. The van der Waals surface area contributed by atoms with E-state index in [1.54, 1.807) is 20.8 Å². The highest BCUT2D eigenvalue weighted by atomic mass is 16.6. The number of unbranched alkanes of at least 4 members (excludes halogenated alkanes) is 1. The van der Waals surface area contributed by atoms with Crippen molar-refractivity contribution in [2.24, 2.45) is 11.7 Å². The van der Waals surface area contributed by atoms with E-state index in [4.69, 9.17) is 20.7 Å². The minimum Gasteiger partial charge on any atom is -0.459 e. The third-order valence-electron chi connectivity index (χ3n) is 5.89. The van der Waals surface area contributed by atoms with Crippen LogP contribution < -0.4 is 5.73 Å². The summed E-state index contributed by atoms with van der Waals surface area (Å²) in [5.41, 5.74) is 5.21. The maximum Gasteiger partial charge on any atom is 0.323 e. The van der Waals surface area contributed by atoms with Gasteiger partial charge in [0.2, 0.25) is 0 Å². The normalized spacial score (nSPS) is 20.2. The number of esters is 1. The molecule has 0 saturated heterocycles. The Kier molecular flexibility index (Phi) is 16.3. The molecule has 0 amide bonds. The van der Waals surface area contributed by atoms with Crippen LogP contribution in [0.5, 0.6) is 0 Å². The van der Waals surface area contributed by atoms with E-state index in [1.165, 1.54) is 11.8 Å². The fraction of sp³-hybridized carbons (Fsp3) is 0.957. The van der Waals surface area contributed by atoms with Gasteiger partial charge in [0.25, 0.3) is 0 Å². The average Bonchev–Trinajstić information content (AvgIpc) is 2.81. The molecule has 13 nitrogen and oxygen atoms in total. The molecule has 0 aliphatic rings. The van der Waals surface area contributed by atoms with Crippen LogP contribution in [0.15, 0.2) is 0 Å². The Morgan fingerprint density at radius 1 is 0.806 bits per heavy atom. The number of aliphatic hydroxyl groups excluding tert-OH is 9. The maximum atomic E-state index is 12.0. The summed E-state index contributed by atoms with van der Waals surface area (Å²) in [5.74, 6) is -1.40. The van der Waals surface area contributed by atoms with E-state index in [-0.39, 0.29) is 19.6 Å². The second-order valence-electron chi connectivity index (χ2n) is 10.4. The van der Waals surface area contributed by atoms with E-state index in [9.17, 15) is 40.5 Å². The molecule has 11 N–H and O–H groups in total. The van der Waals surface area contributed by atoms with Crippen molar-refractivity contribution >= 4 is 5.97 Å². The second kappa shape index (κ2) is 16.8. The van der Waals surface area contributed by atoms with Crippen molar-refractivity contribution in [2.75, 3.05) is 32.8 Å². The van der Waals surface area contributed by atoms with Crippen LogP contribution in [-0.2, 0) is 9.53 Å². The summed E-state index contributed by atoms with van der Waals surface area (Å²) in [5, 5.41) is 88.5. The molecule has 0 spiro atoms. The Morgan fingerprint density at radius 2 is 1.28 bits per heavy atom. The molecule has 0 aromatic rings. The van der Waals surface area contributed by atoms with Gasteiger partial charge in [0, 0.05) is 19.0 Å². The minimum atomic E-state index is -1.83. The molecule has 13 heteroatoms. The van der Waals surface area contributed by atoms with Crippen molar-refractivity contribution in [1.82, 2.24) is 4.90 Å². The first-order valence-electron chi connectivity index (χ1n) is 12.2. The zero-order valence-electron chi connectivity index (χ0n) is 21.7. The van der Waals surface area contributed by atoms with Gasteiger partial charge in [-0.3, -0.25) is 9.69 Å². The molecular formula is C23H48N2O11. The molecule has 0 aliphatic heterocycles. The second-order valence-corrected chi connectivity index (χ2v) is 10.4. The van der Waals surface area contributed by atoms with Gasteiger partial charge in [-0.05, 0) is 40.2 Å². The summed E-state index contributed by atoms with van der Waals surface area (Å²) >= 11 is 0. The molecule has 216 valence electrons. The number of carbonyl (C=O) groups is 1. The van der Waals surface area contributed by atoms with Crippen molar-refractivity contribution < 1.29 is 55.5 Å². The van der Waals surface area contributed by atoms with Gasteiger partial charge in [0.05, 0.1) is 37.6 Å². The van der Waals surface area contributed by atoms with Gasteiger partial charge >= 0.3 is 5.97 Å². The Morgan fingerprint density at radius 3 is 1.75 bits per heavy atom. The molecule has 0 bridgehead atoms. The third-order valence-corrected chi connectivity index (χ3v) is 5.89. The largest absolute Gasteiger partial charge is 0.459 e. The highest BCUT2D eigenvalue weighted by Gasteiger charge is 2.33. The molecule has 0 unspecified atom stereocenters. The first-order chi connectivity index (χ1) is 16.5. The molecule has 0 aliphatic carbocycles. The summed E-state index contributed by atoms with van der Waals surface area (Å²) in [7, 11) is 0. The number of nitrogens with two attached hydrogens (primary N) is 1. The quantitative estimate of drug-likeness (QED) is 0.0609. The SMILES string of the molecule is C[C@@H]([C@H](O)[C@@H](O)CN(CCCC[C@H](N)C(=O)OC(C)(C)C)C[C@H](O)[C@@H](O)[C@H](O)[C@H](O)CO)[C@H](O)CO.